The fraction of sp³-hybridized carbons (Fsp3) is 0.606. The third-order valence-electron chi connectivity index (χ3n) is 10.0. The molecule has 1 aromatic heterocycles. The van der Waals surface area contributed by atoms with Crippen molar-refractivity contribution in [1.82, 2.24) is 24.1 Å². The predicted octanol–water partition coefficient (Wildman–Crippen LogP) is 4.99. The lowest BCUT2D eigenvalue weighted by Gasteiger charge is -2.43. The van der Waals surface area contributed by atoms with E-state index < -0.39 is 10.0 Å². The summed E-state index contributed by atoms with van der Waals surface area (Å²) in [6.07, 6.45) is 15.0. The van der Waals surface area contributed by atoms with Crippen LogP contribution >= 0.6 is 0 Å². The first-order valence-electron chi connectivity index (χ1n) is 15.7. The van der Waals surface area contributed by atoms with Crippen LogP contribution in [-0.4, -0.2) is 90.0 Å². The van der Waals surface area contributed by atoms with E-state index >= 15 is 0 Å². The lowest BCUT2D eigenvalue weighted by Crippen LogP contribution is -2.52. The summed E-state index contributed by atoms with van der Waals surface area (Å²) in [6.45, 7) is 7.22. The molecule has 0 N–H and O–H groups in total. The van der Waals surface area contributed by atoms with Gasteiger partial charge in [-0.1, -0.05) is 55.8 Å². The van der Waals surface area contributed by atoms with Crippen molar-refractivity contribution in [3.63, 3.8) is 0 Å². The maximum absolute atomic E-state index is 13.6. The summed E-state index contributed by atoms with van der Waals surface area (Å²) in [7, 11) is -1.48. The Morgan fingerprint density at radius 2 is 1.74 bits per heavy atom. The van der Waals surface area contributed by atoms with Gasteiger partial charge in [0, 0.05) is 37.8 Å². The van der Waals surface area contributed by atoms with Gasteiger partial charge in [0.15, 0.2) is 0 Å². The van der Waals surface area contributed by atoms with E-state index in [0.29, 0.717) is 36.7 Å². The Hall–Kier alpha value is -2.62. The fourth-order valence-electron chi connectivity index (χ4n) is 7.41. The summed E-state index contributed by atoms with van der Waals surface area (Å²) in [4.78, 5) is 27.1. The zero-order valence-corrected chi connectivity index (χ0v) is 26.1. The molecule has 2 aliphatic heterocycles. The number of aromatic nitrogens is 2. The first-order chi connectivity index (χ1) is 20.2. The van der Waals surface area contributed by atoms with Crippen LogP contribution in [0.5, 0.6) is 0 Å². The number of aryl methyl sites for hydroxylation is 1. The van der Waals surface area contributed by atoms with Gasteiger partial charge in [0.1, 0.15) is 12.0 Å². The number of hydrogen-bond acceptors (Lipinski definition) is 6. The highest BCUT2D eigenvalue weighted by atomic mass is 32.2. The second-order valence-electron chi connectivity index (χ2n) is 12.5. The molecule has 3 heterocycles. The van der Waals surface area contributed by atoms with Gasteiger partial charge in [-0.05, 0) is 81.9 Å². The average molecular weight is 594 g/mol. The maximum Gasteiger partial charge on any atom is 0.273 e. The second-order valence-corrected chi connectivity index (χ2v) is 14.6. The van der Waals surface area contributed by atoms with Gasteiger partial charge in [-0.25, -0.2) is 22.7 Å². The molecule has 9 heteroatoms. The van der Waals surface area contributed by atoms with Crippen LogP contribution in [0.4, 0.5) is 0 Å². The number of hydrogen-bond donors (Lipinski definition) is 0. The number of likely N-dealkylation sites (tertiary alicyclic amines) is 2. The summed E-state index contributed by atoms with van der Waals surface area (Å²) in [6, 6.07) is 11.4. The minimum atomic E-state index is -3.17. The first kappa shape index (κ1) is 30.8. The van der Waals surface area contributed by atoms with Gasteiger partial charge in [-0.15, -0.1) is 0 Å². The van der Waals surface area contributed by atoms with E-state index in [-0.39, 0.29) is 11.9 Å². The van der Waals surface area contributed by atoms with Crippen LogP contribution < -0.4 is 0 Å². The van der Waals surface area contributed by atoms with Crippen LogP contribution in [-0.2, 0) is 16.4 Å². The van der Waals surface area contributed by atoms with E-state index in [1.807, 2.05) is 4.90 Å². The van der Waals surface area contributed by atoms with Gasteiger partial charge >= 0.3 is 0 Å². The average Bonchev–Trinajstić information content (AvgIpc) is 3.03. The molecule has 8 nitrogen and oxygen atoms in total. The van der Waals surface area contributed by atoms with Crippen molar-refractivity contribution < 1.29 is 13.2 Å². The Bertz CT molecular complexity index is 1320. The zero-order chi connectivity index (χ0) is 29.7. The molecule has 2 aromatic rings. The molecular weight excluding hydrogens is 546 g/mol. The van der Waals surface area contributed by atoms with Crippen molar-refractivity contribution in [3.8, 4) is 0 Å². The molecule has 2 atom stereocenters. The van der Waals surface area contributed by atoms with E-state index in [0.717, 1.165) is 62.9 Å². The molecule has 0 spiro atoms. The number of sulfonamides is 1. The largest absolute Gasteiger partial charge is 0.337 e. The topological polar surface area (TPSA) is 86.7 Å². The molecule has 0 radical (unpaired) electrons. The van der Waals surface area contributed by atoms with Crippen molar-refractivity contribution in [2.45, 2.75) is 82.2 Å². The Morgan fingerprint density at radius 3 is 2.40 bits per heavy atom. The summed E-state index contributed by atoms with van der Waals surface area (Å²) in [5.74, 6) is 1.27. The van der Waals surface area contributed by atoms with E-state index in [2.05, 4.69) is 51.8 Å². The third-order valence-corrected chi connectivity index (χ3v) is 11.4. The molecule has 0 bridgehead atoms. The van der Waals surface area contributed by atoms with Gasteiger partial charge in [-0.2, -0.15) is 0 Å². The summed E-state index contributed by atoms with van der Waals surface area (Å²) in [5, 5.41) is 0. The molecule has 3 aliphatic rings. The quantitative estimate of drug-likeness (QED) is 0.407. The third kappa shape index (κ3) is 7.29. The van der Waals surface area contributed by atoms with Gasteiger partial charge in [-0.3, -0.25) is 4.79 Å². The Balaban J connectivity index is 1.14. The Kier molecular flexibility index (Phi) is 10.1. The number of benzene rings is 1. The summed E-state index contributed by atoms with van der Waals surface area (Å²) >= 11 is 0. The van der Waals surface area contributed by atoms with Gasteiger partial charge < -0.3 is 9.80 Å². The maximum atomic E-state index is 13.6. The molecule has 3 fully saturated rings. The highest BCUT2D eigenvalue weighted by molar-refractivity contribution is 7.88. The minimum Gasteiger partial charge on any atom is -0.337 e. The van der Waals surface area contributed by atoms with Crippen molar-refractivity contribution >= 4 is 22.0 Å². The number of amides is 1. The lowest BCUT2D eigenvalue weighted by molar-refractivity contribution is 0.0543. The standard InChI is InChI=1S/C33H47N5O3S/c1-4-30-31(14-13-25-9-8-12-27(23-25)26-10-6-5-7-11-26)34-24-35-32(30)33(39)38-21-17-29(18-22-38)37-19-15-28(16-20-37)36(2)42(3,40)41/h4-7,10-11,24-25,27-29H,1,8-9,12-23H2,2-3H3/t25-,27-/m1/s1. The van der Waals surface area contributed by atoms with Crippen molar-refractivity contribution in [2.75, 3.05) is 39.5 Å². The van der Waals surface area contributed by atoms with Crippen molar-refractivity contribution in [1.29, 1.82) is 0 Å². The lowest BCUT2D eigenvalue weighted by atomic mass is 9.76. The molecule has 1 aliphatic carbocycles. The second kappa shape index (κ2) is 13.8. The number of carbonyl (C=O) groups excluding carboxylic acids is 1. The van der Waals surface area contributed by atoms with Crippen LogP contribution in [0.2, 0.25) is 0 Å². The number of piperidine rings is 2. The van der Waals surface area contributed by atoms with Crippen LogP contribution in [0.15, 0.2) is 43.2 Å². The molecule has 5 rings (SSSR count). The van der Waals surface area contributed by atoms with E-state index in [4.69, 9.17) is 0 Å². The minimum absolute atomic E-state index is 0.0257. The highest BCUT2D eigenvalue weighted by Crippen LogP contribution is 2.38. The molecular formula is C33H47N5O3S. The summed E-state index contributed by atoms with van der Waals surface area (Å²) < 4.78 is 25.4. The smallest absolute Gasteiger partial charge is 0.273 e. The molecule has 0 unspecified atom stereocenters. The van der Waals surface area contributed by atoms with Crippen LogP contribution in [0.3, 0.4) is 0 Å². The molecule has 42 heavy (non-hydrogen) atoms. The highest BCUT2D eigenvalue weighted by Gasteiger charge is 2.33. The molecule has 1 amide bonds. The molecule has 228 valence electrons. The van der Waals surface area contributed by atoms with Gasteiger partial charge in [0.2, 0.25) is 10.0 Å². The Morgan fingerprint density at radius 1 is 1.02 bits per heavy atom. The fourth-order valence-corrected chi connectivity index (χ4v) is 8.16. The first-order valence-corrected chi connectivity index (χ1v) is 17.6. The van der Waals surface area contributed by atoms with E-state index in [1.54, 1.807) is 19.5 Å². The number of nitrogens with zero attached hydrogens (tertiary/aromatic N) is 5. The molecule has 1 aromatic carbocycles. The van der Waals surface area contributed by atoms with Gasteiger partial charge in [0.25, 0.3) is 5.91 Å². The molecule has 2 saturated heterocycles. The van der Waals surface area contributed by atoms with Crippen molar-refractivity contribution in [3.05, 3.63) is 65.8 Å². The zero-order valence-electron chi connectivity index (χ0n) is 25.3. The van der Waals surface area contributed by atoms with Gasteiger partial charge in [0.05, 0.1) is 11.9 Å². The monoisotopic (exact) mass is 593 g/mol. The number of carbonyl (C=O) groups is 1. The van der Waals surface area contributed by atoms with Crippen LogP contribution in [0, 0.1) is 5.92 Å². The SMILES string of the molecule is C=Cc1c(CC[C@H]2CCC[C@@H](c3ccccc3)C2)ncnc1C(=O)N1CCC(N2CCC(N(C)S(C)(=O)=O)CC2)CC1. The van der Waals surface area contributed by atoms with Crippen LogP contribution in [0.1, 0.15) is 91.0 Å². The van der Waals surface area contributed by atoms with E-state index in [1.165, 1.54) is 41.8 Å². The molecule has 1 saturated carbocycles. The Labute approximate surface area is 252 Å². The predicted molar refractivity (Wildman–Crippen MR) is 168 cm³/mol. The van der Waals surface area contributed by atoms with E-state index in [9.17, 15) is 13.2 Å². The normalized spacial score (nSPS) is 23.3. The van der Waals surface area contributed by atoms with Crippen LogP contribution in [0.25, 0.3) is 6.08 Å². The van der Waals surface area contributed by atoms with Crippen molar-refractivity contribution in [2.24, 2.45) is 5.92 Å². The number of rotatable bonds is 9. The summed E-state index contributed by atoms with van der Waals surface area (Å²) in [5.41, 5.74) is 3.65.